The van der Waals surface area contributed by atoms with Crippen molar-refractivity contribution in [1.82, 2.24) is 4.90 Å². The van der Waals surface area contributed by atoms with Crippen LogP contribution in [-0.4, -0.2) is 36.7 Å². The van der Waals surface area contributed by atoms with Crippen molar-refractivity contribution in [2.45, 2.75) is 19.0 Å². The predicted octanol–water partition coefficient (Wildman–Crippen LogP) is 0.946. The third kappa shape index (κ3) is 2.94. The summed E-state index contributed by atoms with van der Waals surface area (Å²) in [4.78, 5) is 34.6. The van der Waals surface area contributed by atoms with Gasteiger partial charge in [-0.25, -0.2) is 4.79 Å². The molecule has 1 rings (SSSR count). The summed E-state index contributed by atoms with van der Waals surface area (Å²) < 4.78 is 4.50. The van der Waals surface area contributed by atoms with Crippen molar-refractivity contribution in [2.75, 3.05) is 7.11 Å². The number of aldehydes is 1. The van der Waals surface area contributed by atoms with E-state index in [1.54, 1.807) is 6.92 Å². The first kappa shape index (κ1) is 13.9. The second kappa shape index (κ2) is 6.54. The Hall–Kier alpha value is -2.17. The van der Waals surface area contributed by atoms with E-state index < -0.39 is 18.1 Å². The van der Waals surface area contributed by atoms with Crippen molar-refractivity contribution in [3.8, 4) is 0 Å². The Morgan fingerprint density at radius 2 is 1.89 bits per heavy atom. The van der Waals surface area contributed by atoms with Gasteiger partial charge in [-0.3, -0.25) is 4.79 Å². The fourth-order valence-electron chi connectivity index (χ4n) is 1.67. The molecular formula is C13H15NO4. The topological polar surface area (TPSA) is 63.7 Å². The van der Waals surface area contributed by atoms with Gasteiger partial charge in [0.25, 0.3) is 0 Å². The number of carbonyl (C=O) groups is 3. The molecule has 0 bridgehead atoms. The quantitative estimate of drug-likeness (QED) is 0.427. The molecule has 0 aliphatic carbocycles. The van der Waals surface area contributed by atoms with Gasteiger partial charge in [0.2, 0.25) is 6.41 Å². The summed E-state index contributed by atoms with van der Waals surface area (Å²) >= 11 is 0. The van der Waals surface area contributed by atoms with Gasteiger partial charge >= 0.3 is 5.97 Å². The maximum absolute atomic E-state index is 11.4. The monoisotopic (exact) mass is 249 g/mol. The van der Waals surface area contributed by atoms with Gasteiger partial charge in [-0.1, -0.05) is 30.3 Å². The lowest BCUT2D eigenvalue weighted by molar-refractivity contribution is -0.152. The van der Waals surface area contributed by atoms with Crippen molar-refractivity contribution < 1.29 is 19.1 Å². The molecule has 0 aliphatic rings. The highest BCUT2D eigenvalue weighted by molar-refractivity contribution is 5.94. The van der Waals surface area contributed by atoms with Gasteiger partial charge in [-0.2, -0.15) is 0 Å². The zero-order valence-electron chi connectivity index (χ0n) is 10.3. The molecule has 0 heterocycles. The van der Waals surface area contributed by atoms with E-state index in [0.717, 1.165) is 10.5 Å². The van der Waals surface area contributed by atoms with Gasteiger partial charge in [-0.15, -0.1) is 0 Å². The van der Waals surface area contributed by atoms with Gasteiger partial charge < -0.3 is 14.4 Å². The van der Waals surface area contributed by atoms with Crippen molar-refractivity contribution in [3.05, 3.63) is 35.9 Å². The van der Waals surface area contributed by atoms with Crippen LogP contribution < -0.4 is 0 Å². The van der Waals surface area contributed by atoms with Gasteiger partial charge in [0.05, 0.1) is 13.2 Å². The maximum Gasteiger partial charge on any atom is 0.336 e. The summed E-state index contributed by atoms with van der Waals surface area (Å²) in [7, 11) is 1.18. The van der Waals surface area contributed by atoms with Crippen molar-refractivity contribution in [1.29, 1.82) is 0 Å². The van der Waals surface area contributed by atoms with Gasteiger partial charge in [0, 0.05) is 0 Å². The van der Waals surface area contributed by atoms with E-state index in [1.165, 1.54) is 7.11 Å². The molecule has 0 saturated heterocycles. The summed E-state index contributed by atoms with van der Waals surface area (Å²) in [5.41, 5.74) is 0.834. The average molecular weight is 249 g/mol. The highest BCUT2D eigenvalue weighted by Crippen LogP contribution is 2.20. The Bertz CT molecular complexity index is 418. The molecule has 1 unspecified atom stereocenters. The number of amides is 1. The number of rotatable bonds is 6. The number of nitrogens with zero attached hydrogens (tertiary/aromatic N) is 1. The number of hydrogen-bond donors (Lipinski definition) is 0. The first-order chi connectivity index (χ1) is 8.65. The van der Waals surface area contributed by atoms with Crippen LogP contribution in [0.3, 0.4) is 0 Å². The predicted molar refractivity (Wildman–Crippen MR) is 64.6 cm³/mol. The van der Waals surface area contributed by atoms with E-state index >= 15 is 0 Å². The van der Waals surface area contributed by atoms with E-state index in [4.69, 9.17) is 0 Å². The molecule has 0 saturated carbocycles. The summed E-state index contributed by atoms with van der Waals surface area (Å²) in [6.07, 6.45) is 0.882. The third-order valence-electron chi connectivity index (χ3n) is 2.74. The molecule has 5 nitrogen and oxygen atoms in total. The average Bonchev–Trinajstić information content (AvgIpc) is 2.44. The molecule has 0 aliphatic heterocycles. The SMILES string of the molecule is COC(=O)[C@H](C=O)N(C=O)C(C)c1ccccc1. The van der Waals surface area contributed by atoms with Gasteiger partial charge in [-0.05, 0) is 12.5 Å². The van der Waals surface area contributed by atoms with Crippen molar-refractivity contribution >= 4 is 18.7 Å². The maximum atomic E-state index is 11.4. The molecule has 1 amide bonds. The van der Waals surface area contributed by atoms with Crippen LogP contribution in [0, 0.1) is 0 Å². The van der Waals surface area contributed by atoms with Crippen molar-refractivity contribution in [3.63, 3.8) is 0 Å². The van der Waals surface area contributed by atoms with Crippen LogP contribution in [0.25, 0.3) is 0 Å². The number of ether oxygens (including phenoxy) is 1. The number of carbonyl (C=O) groups excluding carboxylic acids is 3. The normalized spacial score (nSPS) is 13.2. The highest BCUT2D eigenvalue weighted by atomic mass is 16.5. The van der Waals surface area contributed by atoms with E-state index in [-0.39, 0.29) is 0 Å². The van der Waals surface area contributed by atoms with Crippen LogP contribution in [0.5, 0.6) is 0 Å². The lowest BCUT2D eigenvalue weighted by atomic mass is 10.1. The molecule has 18 heavy (non-hydrogen) atoms. The molecule has 96 valence electrons. The lowest BCUT2D eigenvalue weighted by Gasteiger charge is -2.28. The van der Waals surface area contributed by atoms with Crippen LogP contribution >= 0.6 is 0 Å². The smallest absolute Gasteiger partial charge is 0.336 e. The Kier molecular flexibility index (Phi) is 5.05. The molecule has 0 fully saturated rings. The van der Waals surface area contributed by atoms with Gasteiger partial charge in [0.1, 0.15) is 0 Å². The molecular weight excluding hydrogens is 234 g/mol. The molecule has 0 N–H and O–H groups in total. The third-order valence-corrected chi connectivity index (χ3v) is 2.74. The molecule has 0 radical (unpaired) electrons. The zero-order chi connectivity index (χ0) is 13.5. The van der Waals surface area contributed by atoms with Crippen LogP contribution in [0.15, 0.2) is 30.3 Å². The second-order valence-electron chi connectivity index (χ2n) is 3.74. The minimum absolute atomic E-state index is 0.391. The molecule has 0 spiro atoms. The molecule has 1 aromatic carbocycles. The number of hydrogen-bond acceptors (Lipinski definition) is 4. The van der Waals surface area contributed by atoms with E-state index in [1.807, 2.05) is 30.3 Å². The first-order valence-corrected chi connectivity index (χ1v) is 5.46. The Balaban J connectivity index is 2.98. The van der Waals surface area contributed by atoms with E-state index in [2.05, 4.69) is 4.74 Å². The second-order valence-corrected chi connectivity index (χ2v) is 3.74. The zero-order valence-corrected chi connectivity index (χ0v) is 10.3. The molecule has 1 aromatic rings. The summed E-state index contributed by atoms with van der Waals surface area (Å²) in [5, 5.41) is 0. The van der Waals surface area contributed by atoms with Crippen LogP contribution in [0.4, 0.5) is 0 Å². The van der Waals surface area contributed by atoms with Crippen molar-refractivity contribution in [2.24, 2.45) is 0 Å². The largest absolute Gasteiger partial charge is 0.467 e. The number of methoxy groups -OCH3 is 1. The Morgan fingerprint density at radius 1 is 1.28 bits per heavy atom. The highest BCUT2D eigenvalue weighted by Gasteiger charge is 2.29. The standard InChI is InChI=1S/C13H15NO4/c1-10(11-6-4-3-5-7-11)14(9-16)12(8-15)13(17)18-2/h3-10,12H,1-2H3/t10?,12-/m0/s1. The molecule has 5 heteroatoms. The first-order valence-electron chi connectivity index (χ1n) is 5.46. The van der Waals surface area contributed by atoms with E-state index in [0.29, 0.717) is 12.7 Å². The van der Waals surface area contributed by atoms with Crippen LogP contribution in [-0.2, 0) is 19.1 Å². The Labute approximate surface area is 105 Å². The lowest BCUT2D eigenvalue weighted by Crippen LogP contribution is -2.43. The van der Waals surface area contributed by atoms with E-state index in [9.17, 15) is 14.4 Å². The number of esters is 1. The van der Waals surface area contributed by atoms with Gasteiger partial charge in [0.15, 0.2) is 12.3 Å². The fourth-order valence-corrected chi connectivity index (χ4v) is 1.67. The van der Waals surface area contributed by atoms with Crippen LogP contribution in [0.1, 0.15) is 18.5 Å². The molecule has 2 atom stereocenters. The minimum atomic E-state index is -1.22. The molecule has 0 aromatic heterocycles. The van der Waals surface area contributed by atoms with Crippen LogP contribution in [0.2, 0.25) is 0 Å². The summed E-state index contributed by atoms with van der Waals surface area (Å²) in [6, 6.07) is 7.52. The summed E-state index contributed by atoms with van der Waals surface area (Å²) in [6.45, 7) is 1.74. The summed E-state index contributed by atoms with van der Waals surface area (Å²) in [5.74, 6) is -0.750. The Morgan fingerprint density at radius 3 is 2.33 bits per heavy atom. The number of benzene rings is 1. The fraction of sp³-hybridized carbons (Fsp3) is 0.308. The minimum Gasteiger partial charge on any atom is -0.467 e.